The third-order valence-corrected chi connectivity index (χ3v) is 2.34. The Hall–Kier alpha value is -1.81. The Balaban J connectivity index is 1.73. The Bertz CT molecular complexity index is 443. The maximum absolute atomic E-state index is 11.3. The molecule has 0 atom stereocenters. The maximum atomic E-state index is 11.3. The van der Waals surface area contributed by atoms with E-state index in [9.17, 15) is 4.57 Å². The maximum Gasteiger partial charge on any atom is 0.395 e. The number of benzene rings is 2. The standard InChI is InChI=1S/C12H11O5P/c13-18(16-14-11-7-3-1-4-8-11)17-15-12-9-5-2-6-10-12/h1-10,18H. The summed E-state index contributed by atoms with van der Waals surface area (Å²) in [5.41, 5.74) is 0. The Morgan fingerprint density at radius 2 is 1.06 bits per heavy atom. The molecule has 2 rings (SSSR count). The lowest BCUT2D eigenvalue weighted by atomic mass is 10.3. The van der Waals surface area contributed by atoms with Gasteiger partial charge in [-0.2, -0.15) is 0 Å². The molecule has 0 aliphatic carbocycles. The van der Waals surface area contributed by atoms with Crippen molar-refractivity contribution in [2.45, 2.75) is 0 Å². The van der Waals surface area contributed by atoms with Crippen molar-refractivity contribution < 1.29 is 23.7 Å². The third-order valence-electron chi connectivity index (χ3n) is 1.90. The molecular formula is C12H11O5P. The second-order valence-electron chi connectivity index (χ2n) is 3.21. The van der Waals surface area contributed by atoms with Crippen LogP contribution in [0.5, 0.6) is 11.5 Å². The van der Waals surface area contributed by atoms with E-state index in [0.29, 0.717) is 11.5 Å². The molecule has 5 nitrogen and oxygen atoms in total. The Morgan fingerprint density at radius 1 is 0.667 bits per heavy atom. The zero-order chi connectivity index (χ0) is 12.6. The Labute approximate surface area is 105 Å². The molecule has 2 aromatic carbocycles. The smallest absolute Gasteiger partial charge is 0.329 e. The molecule has 18 heavy (non-hydrogen) atoms. The average molecular weight is 266 g/mol. The summed E-state index contributed by atoms with van der Waals surface area (Å²) < 4.78 is 20.4. The van der Waals surface area contributed by atoms with Crippen molar-refractivity contribution in [3.05, 3.63) is 60.7 Å². The van der Waals surface area contributed by atoms with Gasteiger partial charge in [0.15, 0.2) is 11.5 Å². The first-order chi connectivity index (χ1) is 8.84. The highest BCUT2D eigenvalue weighted by atomic mass is 31.1. The van der Waals surface area contributed by atoms with Crippen LogP contribution in [-0.4, -0.2) is 0 Å². The molecule has 0 heterocycles. The third kappa shape index (κ3) is 4.22. The van der Waals surface area contributed by atoms with Crippen molar-refractivity contribution in [2.75, 3.05) is 0 Å². The first kappa shape index (κ1) is 12.6. The number of hydrogen-bond donors (Lipinski definition) is 0. The summed E-state index contributed by atoms with van der Waals surface area (Å²) in [4.78, 5) is 9.57. The molecule has 0 saturated carbocycles. The summed E-state index contributed by atoms with van der Waals surface area (Å²) in [6, 6.07) is 17.3. The fourth-order valence-electron chi connectivity index (χ4n) is 1.13. The first-order valence-corrected chi connectivity index (χ1v) is 6.40. The minimum atomic E-state index is -2.88. The zero-order valence-electron chi connectivity index (χ0n) is 9.31. The van der Waals surface area contributed by atoms with Crippen molar-refractivity contribution in [3.63, 3.8) is 0 Å². The summed E-state index contributed by atoms with van der Waals surface area (Å²) in [7, 11) is -2.88. The van der Waals surface area contributed by atoms with Crippen molar-refractivity contribution in [1.29, 1.82) is 0 Å². The van der Waals surface area contributed by atoms with Gasteiger partial charge < -0.3 is 9.78 Å². The fraction of sp³-hybridized carbons (Fsp3) is 0. The normalized spacial score (nSPS) is 10.3. The van der Waals surface area contributed by atoms with Crippen LogP contribution in [0.15, 0.2) is 60.7 Å². The van der Waals surface area contributed by atoms with Gasteiger partial charge in [-0.05, 0) is 24.3 Å². The second-order valence-corrected chi connectivity index (χ2v) is 4.04. The molecule has 0 aliphatic rings. The molecule has 0 spiro atoms. The highest BCUT2D eigenvalue weighted by Gasteiger charge is 2.04. The molecule has 0 bridgehead atoms. The van der Waals surface area contributed by atoms with E-state index >= 15 is 0 Å². The van der Waals surface area contributed by atoms with Gasteiger partial charge in [-0.1, -0.05) is 45.7 Å². The van der Waals surface area contributed by atoms with Gasteiger partial charge in [0, 0.05) is 0 Å². The highest BCUT2D eigenvalue weighted by molar-refractivity contribution is 7.33. The van der Waals surface area contributed by atoms with Crippen LogP contribution in [0.25, 0.3) is 0 Å². The molecule has 0 amide bonds. The van der Waals surface area contributed by atoms with E-state index in [1.165, 1.54) is 0 Å². The Morgan fingerprint density at radius 3 is 1.44 bits per heavy atom. The molecule has 0 radical (unpaired) electrons. The minimum Gasteiger partial charge on any atom is -0.329 e. The predicted molar refractivity (Wildman–Crippen MR) is 65.3 cm³/mol. The van der Waals surface area contributed by atoms with E-state index in [1.54, 1.807) is 48.5 Å². The molecule has 94 valence electrons. The van der Waals surface area contributed by atoms with Crippen LogP contribution in [0.3, 0.4) is 0 Å². The largest absolute Gasteiger partial charge is 0.395 e. The molecule has 0 fully saturated rings. The van der Waals surface area contributed by atoms with E-state index in [1.807, 2.05) is 12.1 Å². The number of para-hydroxylation sites is 2. The SMILES string of the molecule is O=[PH](OOc1ccccc1)OOc1ccccc1. The van der Waals surface area contributed by atoms with Crippen LogP contribution in [0.1, 0.15) is 0 Å². The van der Waals surface area contributed by atoms with Crippen molar-refractivity contribution in [2.24, 2.45) is 0 Å². The van der Waals surface area contributed by atoms with E-state index in [2.05, 4.69) is 9.35 Å². The van der Waals surface area contributed by atoms with Gasteiger partial charge in [-0.25, -0.2) is 0 Å². The van der Waals surface area contributed by atoms with Crippen LogP contribution in [0.4, 0.5) is 0 Å². The summed E-state index contributed by atoms with van der Waals surface area (Å²) >= 11 is 0. The van der Waals surface area contributed by atoms with Gasteiger partial charge >= 0.3 is 8.25 Å². The van der Waals surface area contributed by atoms with Gasteiger partial charge in [-0.15, -0.1) is 0 Å². The van der Waals surface area contributed by atoms with Crippen LogP contribution in [-0.2, 0) is 13.9 Å². The van der Waals surface area contributed by atoms with Crippen LogP contribution >= 0.6 is 8.25 Å². The van der Waals surface area contributed by atoms with E-state index in [0.717, 1.165) is 0 Å². The summed E-state index contributed by atoms with van der Waals surface area (Å²) in [5.74, 6) is 0.860. The Kier molecular flexibility index (Phi) is 4.78. The average Bonchev–Trinajstić information content (AvgIpc) is 2.45. The van der Waals surface area contributed by atoms with Gasteiger partial charge in [0.25, 0.3) is 0 Å². The fourth-order valence-corrected chi connectivity index (χ4v) is 1.49. The lowest BCUT2D eigenvalue weighted by Gasteiger charge is -2.05. The van der Waals surface area contributed by atoms with Crippen molar-refractivity contribution in [3.8, 4) is 11.5 Å². The van der Waals surface area contributed by atoms with Crippen LogP contribution in [0, 0.1) is 0 Å². The molecule has 0 aromatic heterocycles. The van der Waals surface area contributed by atoms with Gasteiger partial charge in [0.1, 0.15) is 0 Å². The quantitative estimate of drug-likeness (QED) is 0.455. The molecule has 0 aliphatic heterocycles. The van der Waals surface area contributed by atoms with E-state index < -0.39 is 8.25 Å². The van der Waals surface area contributed by atoms with Gasteiger partial charge in [-0.3, -0.25) is 4.57 Å². The lowest BCUT2D eigenvalue weighted by molar-refractivity contribution is -0.161. The summed E-state index contributed by atoms with van der Waals surface area (Å²) in [6.45, 7) is 0. The monoisotopic (exact) mass is 266 g/mol. The zero-order valence-corrected chi connectivity index (χ0v) is 10.3. The van der Waals surface area contributed by atoms with Crippen molar-refractivity contribution >= 4 is 8.25 Å². The molecule has 6 heteroatoms. The number of rotatable bonds is 6. The van der Waals surface area contributed by atoms with Gasteiger partial charge in [0.2, 0.25) is 0 Å². The predicted octanol–water partition coefficient (Wildman–Crippen LogP) is 3.40. The first-order valence-electron chi connectivity index (χ1n) is 5.18. The second kappa shape index (κ2) is 6.81. The molecule has 0 unspecified atom stereocenters. The van der Waals surface area contributed by atoms with Crippen LogP contribution < -0.4 is 9.78 Å². The van der Waals surface area contributed by atoms with E-state index in [-0.39, 0.29) is 0 Å². The topological polar surface area (TPSA) is 54.0 Å². The molecule has 0 saturated heterocycles. The van der Waals surface area contributed by atoms with Crippen molar-refractivity contribution in [1.82, 2.24) is 0 Å². The minimum absolute atomic E-state index is 0.430. The summed E-state index contributed by atoms with van der Waals surface area (Å²) in [6.07, 6.45) is 0. The van der Waals surface area contributed by atoms with Gasteiger partial charge in [0.05, 0.1) is 0 Å². The van der Waals surface area contributed by atoms with E-state index in [4.69, 9.17) is 9.78 Å². The molecule has 0 N–H and O–H groups in total. The molecule has 2 aromatic rings. The number of hydrogen-bond acceptors (Lipinski definition) is 5. The lowest BCUT2D eigenvalue weighted by Crippen LogP contribution is -1.94. The molecular weight excluding hydrogens is 255 g/mol. The highest BCUT2D eigenvalue weighted by Crippen LogP contribution is 2.27. The van der Waals surface area contributed by atoms with Crippen LogP contribution in [0.2, 0.25) is 0 Å². The summed E-state index contributed by atoms with van der Waals surface area (Å²) in [5, 5.41) is 0.